The summed E-state index contributed by atoms with van der Waals surface area (Å²) in [5.41, 5.74) is 0.0220. The molecule has 0 fully saturated rings. The summed E-state index contributed by atoms with van der Waals surface area (Å²) < 4.78 is 37.2. The standard InChI is InChI=1S/C12H12FNO4S/c1-8(4-12(15)16)19(17,18)7-10-5-9(6-14)2-3-11(10)13/h2-3,5,8H,4,7H2,1H3,(H,15,16). The van der Waals surface area contributed by atoms with Gasteiger partial charge in [-0.3, -0.25) is 4.79 Å². The molecule has 1 atom stereocenters. The van der Waals surface area contributed by atoms with Gasteiger partial charge in [0.15, 0.2) is 9.84 Å². The van der Waals surface area contributed by atoms with Crippen LogP contribution in [0.15, 0.2) is 18.2 Å². The third kappa shape index (κ3) is 4.03. The predicted octanol–water partition coefficient (Wildman–Crippen LogP) is 1.48. The molecule has 1 N–H and O–H groups in total. The molecule has 0 bridgehead atoms. The number of halogens is 1. The van der Waals surface area contributed by atoms with Crippen LogP contribution >= 0.6 is 0 Å². The van der Waals surface area contributed by atoms with Gasteiger partial charge in [0.05, 0.1) is 29.1 Å². The van der Waals surface area contributed by atoms with Gasteiger partial charge in [0.25, 0.3) is 0 Å². The molecule has 0 heterocycles. The number of carboxylic acid groups (broad SMARTS) is 1. The fourth-order valence-electron chi connectivity index (χ4n) is 1.49. The van der Waals surface area contributed by atoms with Gasteiger partial charge in [0.1, 0.15) is 5.82 Å². The zero-order valence-electron chi connectivity index (χ0n) is 10.1. The lowest BCUT2D eigenvalue weighted by atomic mass is 10.1. The molecule has 5 nitrogen and oxygen atoms in total. The van der Waals surface area contributed by atoms with Gasteiger partial charge in [-0.2, -0.15) is 5.26 Å². The second kappa shape index (κ2) is 5.80. The van der Waals surface area contributed by atoms with Crippen LogP contribution in [0.5, 0.6) is 0 Å². The number of hydrogen-bond donors (Lipinski definition) is 1. The number of nitrogens with zero attached hydrogens (tertiary/aromatic N) is 1. The summed E-state index contributed by atoms with van der Waals surface area (Å²) >= 11 is 0. The molecule has 0 aliphatic heterocycles. The molecule has 7 heteroatoms. The Bertz CT molecular complexity index is 634. The molecule has 0 amide bonds. The molecule has 0 spiro atoms. The lowest BCUT2D eigenvalue weighted by molar-refractivity contribution is -0.136. The van der Waals surface area contributed by atoms with Crippen molar-refractivity contribution >= 4 is 15.8 Å². The van der Waals surface area contributed by atoms with Crippen LogP contribution in [-0.4, -0.2) is 24.7 Å². The summed E-state index contributed by atoms with van der Waals surface area (Å²) in [4.78, 5) is 10.5. The average molecular weight is 285 g/mol. The number of hydrogen-bond acceptors (Lipinski definition) is 4. The number of carbonyl (C=O) groups is 1. The first kappa shape index (κ1) is 15.1. The van der Waals surface area contributed by atoms with E-state index >= 15 is 0 Å². The highest BCUT2D eigenvalue weighted by Crippen LogP contribution is 2.17. The minimum atomic E-state index is -3.79. The van der Waals surface area contributed by atoms with E-state index in [4.69, 9.17) is 10.4 Å². The van der Waals surface area contributed by atoms with Crippen LogP contribution in [0.2, 0.25) is 0 Å². The fourth-order valence-corrected chi connectivity index (χ4v) is 2.82. The van der Waals surface area contributed by atoms with E-state index in [0.29, 0.717) is 0 Å². The highest BCUT2D eigenvalue weighted by molar-refractivity contribution is 7.91. The van der Waals surface area contributed by atoms with Crippen LogP contribution in [0, 0.1) is 17.1 Å². The molecule has 0 saturated carbocycles. The Kier molecular flexibility index (Phi) is 4.62. The van der Waals surface area contributed by atoms with E-state index in [-0.39, 0.29) is 11.1 Å². The zero-order valence-corrected chi connectivity index (χ0v) is 10.9. The molecular formula is C12H12FNO4S. The van der Waals surface area contributed by atoms with E-state index < -0.39 is 39.0 Å². The van der Waals surface area contributed by atoms with Crippen LogP contribution in [0.25, 0.3) is 0 Å². The number of nitriles is 1. The van der Waals surface area contributed by atoms with Crippen molar-refractivity contribution in [3.8, 4) is 6.07 Å². The smallest absolute Gasteiger partial charge is 0.304 e. The van der Waals surface area contributed by atoms with E-state index in [0.717, 1.165) is 12.1 Å². The van der Waals surface area contributed by atoms with Crippen molar-refractivity contribution in [2.45, 2.75) is 24.3 Å². The summed E-state index contributed by atoms with van der Waals surface area (Å²) in [6.45, 7) is 1.26. The van der Waals surface area contributed by atoms with Crippen LogP contribution in [0.4, 0.5) is 4.39 Å². The van der Waals surface area contributed by atoms with E-state index in [9.17, 15) is 17.6 Å². The van der Waals surface area contributed by atoms with Crippen molar-refractivity contribution in [1.82, 2.24) is 0 Å². The largest absolute Gasteiger partial charge is 0.481 e. The van der Waals surface area contributed by atoms with Crippen LogP contribution in [-0.2, 0) is 20.4 Å². The quantitative estimate of drug-likeness (QED) is 0.884. The van der Waals surface area contributed by atoms with Gasteiger partial charge in [-0.05, 0) is 25.1 Å². The molecule has 0 aliphatic carbocycles. The van der Waals surface area contributed by atoms with Crippen molar-refractivity contribution in [3.63, 3.8) is 0 Å². The number of carboxylic acids is 1. The van der Waals surface area contributed by atoms with Crippen LogP contribution in [0.1, 0.15) is 24.5 Å². The highest BCUT2D eigenvalue weighted by atomic mass is 32.2. The first-order valence-electron chi connectivity index (χ1n) is 5.38. The van der Waals surface area contributed by atoms with E-state index in [2.05, 4.69) is 0 Å². The fraction of sp³-hybridized carbons (Fsp3) is 0.333. The monoisotopic (exact) mass is 285 g/mol. The summed E-state index contributed by atoms with van der Waals surface area (Å²) in [5, 5.41) is 16.1. The molecule has 0 radical (unpaired) electrons. The molecule has 19 heavy (non-hydrogen) atoms. The van der Waals surface area contributed by atoms with Gasteiger partial charge in [0.2, 0.25) is 0 Å². The zero-order chi connectivity index (χ0) is 14.6. The third-order valence-corrected chi connectivity index (χ3v) is 4.71. The Morgan fingerprint density at radius 1 is 1.53 bits per heavy atom. The highest BCUT2D eigenvalue weighted by Gasteiger charge is 2.25. The summed E-state index contributed by atoms with van der Waals surface area (Å²) in [7, 11) is -3.79. The first-order chi connectivity index (χ1) is 8.76. The van der Waals surface area contributed by atoms with Crippen LogP contribution in [0.3, 0.4) is 0 Å². The summed E-state index contributed by atoms with van der Waals surface area (Å²) in [6, 6.07) is 5.20. The average Bonchev–Trinajstić information content (AvgIpc) is 2.30. The number of benzene rings is 1. The lowest BCUT2D eigenvalue weighted by Crippen LogP contribution is -2.23. The van der Waals surface area contributed by atoms with Crippen molar-refractivity contribution in [1.29, 1.82) is 5.26 Å². The Hall–Kier alpha value is -1.94. The molecule has 0 aliphatic rings. The number of rotatable bonds is 5. The lowest BCUT2D eigenvalue weighted by Gasteiger charge is -2.11. The van der Waals surface area contributed by atoms with Crippen molar-refractivity contribution in [2.75, 3.05) is 0 Å². The molecule has 0 aromatic heterocycles. The molecule has 1 aromatic rings. The van der Waals surface area contributed by atoms with E-state index in [1.807, 2.05) is 0 Å². The molecule has 102 valence electrons. The Balaban J connectivity index is 3.02. The normalized spacial score (nSPS) is 12.7. The predicted molar refractivity (Wildman–Crippen MR) is 65.5 cm³/mol. The SMILES string of the molecule is CC(CC(=O)O)S(=O)(=O)Cc1cc(C#N)ccc1F. The summed E-state index contributed by atoms with van der Waals surface area (Å²) in [6.07, 6.45) is -0.540. The maximum absolute atomic E-state index is 13.5. The first-order valence-corrected chi connectivity index (χ1v) is 7.09. The van der Waals surface area contributed by atoms with Gasteiger partial charge < -0.3 is 5.11 Å². The third-order valence-electron chi connectivity index (χ3n) is 2.61. The van der Waals surface area contributed by atoms with Gasteiger partial charge in [0, 0.05) is 5.56 Å². The minimum Gasteiger partial charge on any atom is -0.481 e. The van der Waals surface area contributed by atoms with Crippen molar-refractivity contribution < 1.29 is 22.7 Å². The molecular weight excluding hydrogens is 273 g/mol. The Morgan fingerprint density at radius 2 is 2.16 bits per heavy atom. The van der Waals surface area contributed by atoms with Crippen molar-refractivity contribution in [2.24, 2.45) is 0 Å². The minimum absolute atomic E-state index is 0.128. The maximum Gasteiger partial charge on any atom is 0.304 e. The summed E-state index contributed by atoms with van der Waals surface area (Å²) in [5.74, 6) is -2.59. The van der Waals surface area contributed by atoms with Crippen LogP contribution < -0.4 is 0 Å². The topological polar surface area (TPSA) is 95.2 Å². The van der Waals surface area contributed by atoms with Crippen molar-refractivity contribution in [3.05, 3.63) is 35.1 Å². The van der Waals surface area contributed by atoms with Gasteiger partial charge in [-0.1, -0.05) is 0 Å². The molecule has 0 saturated heterocycles. The molecule has 1 unspecified atom stereocenters. The molecule has 1 rings (SSSR count). The Morgan fingerprint density at radius 3 is 2.68 bits per heavy atom. The molecule has 1 aromatic carbocycles. The van der Waals surface area contributed by atoms with E-state index in [1.165, 1.54) is 13.0 Å². The number of aliphatic carboxylic acids is 1. The second-order valence-corrected chi connectivity index (χ2v) is 6.55. The van der Waals surface area contributed by atoms with Gasteiger partial charge in [-0.15, -0.1) is 0 Å². The maximum atomic E-state index is 13.5. The van der Waals surface area contributed by atoms with Gasteiger partial charge >= 0.3 is 5.97 Å². The second-order valence-electron chi connectivity index (χ2n) is 4.13. The Labute approximate surface area is 110 Å². The van der Waals surface area contributed by atoms with E-state index in [1.54, 1.807) is 6.07 Å². The van der Waals surface area contributed by atoms with Gasteiger partial charge in [-0.25, -0.2) is 12.8 Å². The number of sulfone groups is 1.